The largest absolute Gasteiger partial charge is 0.490 e. The van der Waals surface area contributed by atoms with Crippen molar-refractivity contribution < 1.29 is 33.3 Å². The van der Waals surface area contributed by atoms with Gasteiger partial charge in [0.15, 0.2) is 0 Å². The van der Waals surface area contributed by atoms with Gasteiger partial charge in [0.1, 0.15) is 35.6 Å². The van der Waals surface area contributed by atoms with Crippen molar-refractivity contribution in [3.05, 3.63) is 89.0 Å². The summed E-state index contributed by atoms with van der Waals surface area (Å²) in [6, 6.07) is 19.7. The minimum atomic E-state index is -0.523. The lowest BCUT2D eigenvalue weighted by molar-refractivity contribution is -0.131. The Bertz CT molecular complexity index is 1510. The lowest BCUT2D eigenvalue weighted by Crippen LogP contribution is -2.44. The number of amides is 2. The summed E-state index contributed by atoms with van der Waals surface area (Å²) in [6.45, 7) is 8.23. The number of carbonyl (C=O) groups excluding carboxylic acids is 3. The van der Waals surface area contributed by atoms with Crippen molar-refractivity contribution in [1.82, 2.24) is 4.90 Å². The average molecular weight is 621 g/mol. The normalized spacial score (nSPS) is 13.8. The van der Waals surface area contributed by atoms with Crippen LogP contribution in [0.1, 0.15) is 51.7 Å². The second-order valence-electron chi connectivity index (χ2n) is 11.3. The molecule has 1 fully saturated rings. The van der Waals surface area contributed by atoms with E-state index < -0.39 is 11.6 Å². The van der Waals surface area contributed by atoms with E-state index in [-0.39, 0.29) is 30.5 Å². The highest BCUT2D eigenvalue weighted by Gasteiger charge is 2.27. The van der Waals surface area contributed by atoms with E-state index in [1.54, 1.807) is 35.2 Å². The second kappa shape index (κ2) is 14.8. The highest BCUT2D eigenvalue weighted by Crippen LogP contribution is 2.27. The predicted molar refractivity (Wildman–Crippen MR) is 169 cm³/mol. The molecule has 0 radical (unpaired) electrons. The van der Waals surface area contributed by atoms with Gasteiger partial charge in [-0.1, -0.05) is 41.9 Å². The van der Waals surface area contributed by atoms with E-state index in [1.165, 1.54) is 13.0 Å². The van der Waals surface area contributed by atoms with Crippen molar-refractivity contribution in [2.45, 2.75) is 58.8 Å². The molecule has 9 nitrogen and oxygen atoms in total. The standard InChI is InChI=1S/C34H37ClN2O7/c1-23(38)42-31-20-24(12-14-29(31)35)13-15-32(39)36-30-11-6-5-8-25(30)22-41-27-9-7-10-28(21-27)43-26-16-18-37(19-17-26)33(40)44-34(2,3)4/h5-15,20-21,26H,16-19,22H2,1-4H3,(H,36,39)/b15-13+. The van der Waals surface area contributed by atoms with Crippen LogP contribution in [0.4, 0.5) is 10.5 Å². The van der Waals surface area contributed by atoms with Crippen molar-refractivity contribution in [2.24, 2.45) is 0 Å². The third-order valence-electron chi connectivity index (χ3n) is 6.51. The molecule has 0 spiro atoms. The molecule has 1 heterocycles. The van der Waals surface area contributed by atoms with Crippen molar-refractivity contribution >= 4 is 41.3 Å². The molecule has 232 valence electrons. The Morgan fingerprint density at radius 3 is 2.43 bits per heavy atom. The SMILES string of the molecule is CC(=O)Oc1cc(/C=C/C(=O)Nc2ccccc2COc2cccc(OC3CCN(C(=O)OC(C)(C)C)CC3)c2)ccc1Cl. The molecular formula is C34H37ClN2O7. The number of carbonyl (C=O) groups is 3. The summed E-state index contributed by atoms with van der Waals surface area (Å²) in [5, 5.41) is 3.19. The number of ether oxygens (including phenoxy) is 4. The van der Waals surface area contributed by atoms with Crippen LogP contribution < -0.4 is 19.5 Å². The number of hydrogen-bond donors (Lipinski definition) is 1. The van der Waals surface area contributed by atoms with E-state index in [9.17, 15) is 14.4 Å². The number of nitrogens with zero attached hydrogens (tertiary/aromatic N) is 1. The Labute approximate surface area is 262 Å². The fourth-order valence-corrected chi connectivity index (χ4v) is 4.60. The Morgan fingerprint density at radius 1 is 0.977 bits per heavy atom. The molecular weight excluding hydrogens is 584 g/mol. The number of esters is 1. The molecule has 2 amide bonds. The maximum absolute atomic E-state index is 12.7. The van der Waals surface area contributed by atoms with Crippen molar-refractivity contribution in [3.63, 3.8) is 0 Å². The quantitative estimate of drug-likeness (QED) is 0.152. The van der Waals surface area contributed by atoms with Gasteiger partial charge in [-0.2, -0.15) is 0 Å². The molecule has 0 bridgehead atoms. The number of rotatable bonds is 9. The number of hydrogen-bond acceptors (Lipinski definition) is 7. The maximum atomic E-state index is 12.7. The first-order valence-corrected chi connectivity index (χ1v) is 14.8. The lowest BCUT2D eigenvalue weighted by atomic mass is 10.1. The fraction of sp³-hybridized carbons (Fsp3) is 0.324. The van der Waals surface area contributed by atoms with Crippen molar-refractivity contribution in [3.8, 4) is 17.2 Å². The number of likely N-dealkylation sites (tertiary alicyclic amines) is 1. The first-order chi connectivity index (χ1) is 20.9. The minimum Gasteiger partial charge on any atom is -0.490 e. The highest BCUT2D eigenvalue weighted by molar-refractivity contribution is 6.32. The minimum absolute atomic E-state index is 0.0194. The Hall–Kier alpha value is -4.50. The summed E-state index contributed by atoms with van der Waals surface area (Å²) in [7, 11) is 0. The third-order valence-corrected chi connectivity index (χ3v) is 6.82. The molecule has 1 saturated heterocycles. The van der Waals surface area contributed by atoms with Crippen molar-refractivity contribution in [2.75, 3.05) is 18.4 Å². The molecule has 1 N–H and O–H groups in total. The van der Waals surface area contributed by atoms with Crippen LogP contribution in [0, 0.1) is 0 Å². The summed E-state index contributed by atoms with van der Waals surface area (Å²) in [5.41, 5.74) is 1.53. The van der Waals surface area contributed by atoms with Gasteiger partial charge in [0, 0.05) is 56.2 Å². The monoisotopic (exact) mass is 620 g/mol. The summed E-state index contributed by atoms with van der Waals surface area (Å²) >= 11 is 6.07. The van der Waals surface area contributed by atoms with E-state index in [0.29, 0.717) is 53.7 Å². The smallest absolute Gasteiger partial charge is 0.410 e. The first-order valence-electron chi connectivity index (χ1n) is 14.4. The van der Waals surface area contributed by atoms with Gasteiger partial charge in [-0.15, -0.1) is 0 Å². The van der Waals surface area contributed by atoms with Gasteiger partial charge < -0.3 is 29.2 Å². The number of para-hydroxylation sites is 1. The van der Waals surface area contributed by atoms with Gasteiger partial charge >= 0.3 is 12.1 Å². The lowest BCUT2D eigenvalue weighted by Gasteiger charge is -2.33. The van der Waals surface area contributed by atoms with E-state index in [2.05, 4.69) is 5.32 Å². The zero-order valence-corrected chi connectivity index (χ0v) is 26.1. The molecule has 3 aromatic carbocycles. The summed E-state index contributed by atoms with van der Waals surface area (Å²) < 4.78 is 22.8. The number of halogens is 1. The van der Waals surface area contributed by atoms with Crippen LogP contribution in [0.3, 0.4) is 0 Å². The molecule has 0 aromatic heterocycles. The summed E-state index contributed by atoms with van der Waals surface area (Å²) in [6.07, 6.45) is 4.08. The van der Waals surface area contributed by atoms with Crippen LogP contribution in [-0.4, -0.2) is 47.7 Å². The highest BCUT2D eigenvalue weighted by atomic mass is 35.5. The molecule has 3 aromatic rings. The van der Waals surface area contributed by atoms with Crippen LogP contribution >= 0.6 is 11.6 Å². The van der Waals surface area contributed by atoms with Crippen LogP contribution in [-0.2, 0) is 20.9 Å². The van der Waals surface area contributed by atoms with Gasteiger partial charge in [-0.05, 0) is 62.7 Å². The Balaban J connectivity index is 1.30. The average Bonchev–Trinajstić information content (AvgIpc) is 2.96. The predicted octanol–water partition coefficient (Wildman–Crippen LogP) is 7.27. The fourth-order valence-electron chi connectivity index (χ4n) is 4.44. The Morgan fingerprint density at radius 2 is 1.70 bits per heavy atom. The first kappa shape index (κ1) is 32.4. The molecule has 10 heteroatoms. The molecule has 0 aliphatic carbocycles. The van der Waals surface area contributed by atoms with Gasteiger partial charge in [-0.25, -0.2) is 4.79 Å². The third kappa shape index (κ3) is 10.1. The van der Waals surface area contributed by atoms with Gasteiger partial charge in [0.2, 0.25) is 5.91 Å². The van der Waals surface area contributed by atoms with Crippen LogP contribution in [0.25, 0.3) is 6.08 Å². The summed E-state index contributed by atoms with van der Waals surface area (Å²) in [5.74, 6) is 0.711. The van der Waals surface area contributed by atoms with Crippen LogP contribution in [0.2, 0.25) is 5.02 Å². The summed E-state index contributed by atoms with van der Waals surface area (Å²) in [4.78, 5) is 38.0. The molecule has 0 unspecified atom stereocenters. The van der Waals surface area contributed by atoms with Gasteiger partial charge in [0.25, 0.3) is 0 Å². The molecule has 1 aliphatic heterocycles. The molecule has 4 rings (SSSR count). The zero-order valence-electron chi connectivity index (χ0n) is 25.3. The van der Waals surface area contributed by atoms with E-state index in [1.807, 2.05) is 63.2 Å². The molecule has 44 heavy (non-hydrogen) atoms. The van der Waals surface area contributed by atoms with E-state index in [0.717, 1.165) is 5.56 Å². The molecule has 0 atom stereocenters. The second-order valence-corrected chi connectivity index (χ2v) is 11.7. The topological polar surface area (TPSA) is 103 Å². The van der Waals surface area contributed by atoms with E-state index in [4.69, 9.17) is 30.5 Å². The van der Waals surface area contributed by atoms with Crippen LogP contribution in [0.5, 0.6) is 17.2 Å². The number of nitrogens with one attached hydrogen (secondary N) is 1. The van der Waals surface area contributed by atoms with Crippen LogP contribution in [0.15, 0.2) is 72.8 Å². The molecule has 1 aliphatic rings. The van der Waals surface area contributed by atoms with Gasteiger partial charge in [-0.3, -0.25) is 9.59 Å². The van der Waals surface area contributed by atoms with Crippen molar-refractivity contribution in [1.29, 1.82) is 0 Å². The number of anilines is 1. The van der Waals surface area contributed by atoms with Gasteiger partial charge in [0.05, 0.1) is 5.02 Å². The Kier molecular flexibility index (Phi) is 10.9. The maximum Gasteiger partial charge on any atom is 0.410 e. The molecule has 0 saturated carbocycles. The number of piperidine rings is 1. The number of benzene rings is 3. The van der Waals surface area contributed by atoms with E-state index >= 15 is 0 Å². The zero-order chi connectivity index (χ0) is 31.7.